The molecule has 0 fully saturated rings. The zero-order valence-electron chi connectivity index (χ0n) is 16.9. The van der Waals surface area contributed by atoms with Crippen molar-refractivity contribution < 1.29 is 19.5 Å². The lowest BCUT2D eigenvalue weighted by atomic mass is 10.0. The van der Waals surface area contributed by atoms with Gasteiger partial charge in [-0.25, -0.2) is 4.79 Å². The summed E-state index contributed by atoms with van der Waals surface area (Å²) < 4.78 is 5.75. The number of carbonyl (C=O) groups is 1. The van der Waals surface area contributed by atoms with Gasteiger partial charge in [-0.3, -0.25) is 0 Å². The fourth-order valence-electron chi connectivity index (χ4n) is 2.93. The third-order valence-corrected chi connectivity index (χ3v) is 4.44. The highest BCUT2D eigenvalue weighted by molar-refractivity contribution is 6.12. The molecule has 30 heavy (non-hydrogen) atoms. The molecular weight excluding hydrogens is 378 g/mol. The van der Waals surface area contributed by atoms with E-state index in [9.17, 15) is 9.90 Å². The molecule has 0 aliphatic carbocycles. The lowest BCUT2D eigenvalue weighted by molar-refractivity contribution is -0.145. The Morgan fingerprint density at radius 2 is 1.50 bits per heavy atom. The van der Waals surface area contributed by atoms with Gasteiger partial charge in [0.1, 0.15) is 18.1 Å². The van der Waals surface area contributed by atoms with Gasteiger partial charge in [0.05, 0.1) is 0 Å². The van der Waals surface area contributed by atoms with Gasteiger partial charge < -0.3 is 14.7 Å². The van der Waals surface area contributed by atoms with Crippen LogP contribution in [0.2, 0.25) is 0 Å². The molecular formula is C25H25NO4. The summed E-state index contributed by atoms with van der Waals surface area (Å²) in [5.41, 5.74) is 3.43. The largest absolute Gasteiger partial charge is 0.478 e. The van der Waals surface area contributed by atoms with Crippen molar-refractivity contribution in [1.82, 2.24) is 0 Å². The first kappa shape index (κ1) is 21.1. The number of hydrogen-bond donors (Lipinski definition) is 1. The van der Waals surface area contributed by atoms with Crippen molar-refractivity contribution in [1.29, 1.82) is 0 Å². The average Bonchev–Trinajstić information content (AvgIpc) is 2.78. The summed E-state index contributed by atoms with van der Waals surface area (Å²) in [4.78, 5) is 17.1. The molecule has 5 nitrogen and oxygen atoms in total. The lowest BCUT2D eigenvalue weighted by Crippen LogP contribution is -2.29. The van der Waals surface area contributed by atoms with E-state index in [0.717, 1.165) is 28.8 Å². The molecule has 1 atom stereocenters. The molecule has 0 saturated heterocycles. The molecule has 1 unspecified atom stereocenters. The Morgan fingerprint density at radius 3 is 2.10 bits per heavy atom. The number of benzene rings is 3. The zero-order chi connectivity index (χ0) is 21.2. The number of carboxylic acid groups (broad SMARTS) is 1. The molecule has 3 rings (SSSR count). The highest BCUT2D eigenvalue weighted by Crippen LogP contribution is 2.19. The fraction of sp³-hybridized carbons (Fsp3) is 0.200. The number of nitrogens with zero attached hydrogens (tertiary/aromatic N) is 1. The van der Waals surface area contributed by atoms with Gasteiger partial charge in [0.25, 0.3) is 0 Å². The van der Waals surface area contributed by atoms with Crippen molar-refractivity contribution in [2.24, 2.45) is 5.16 Å². The van der Waals surface area contributed by atoms with E-state index in [-0.39, 0.29) is 0 Å². The van der Waals surface area contributed by atoms with E-state index >= 15 is 0 Å². The van der Waals surface area contributed by atoms with Crippen molar-refractivity contribution in [3.8, 4) is 5.75 Å². The number of hydrogen-bond acceptors (Lipinski definition) is 4. The second-order valence-corrected chi connectivity index (χ2v) is 6.80. The van der Waals surface area contributed by atoms with E-state index in [1.165, 1.54) is 0 Å². The number of aliphatic carboxylic acids is 1. The summed E-state index contributed by atoms with van der Waals surface area (Å²) in [5, 5.41) is 13.9. The summed E-state index contributed by atoms with van der Waals surface area (Å²) in [6, 6.07) is 26.5. The Kier molecular flexibility index (Phi) is 7.61. The van der Waals surface area contributed by atoms with Crippen molar-refractivity contribution >= 4 is 11.7 Å². The Hall–Kier alpha value is -3.60. The Balaban J connectivity index is 1.77. The standard InChI is InChI=1S/C25H25NO4/c1-2-17-29-26-24(20-11-7-4-8-12-20)21-13-15-22(16-14-21)30-23(25(27)28)18-19-9-5-3-6-10-19/h3-16,23H,2,17-18H2,1H3,(H,27,28)/b26-24+. The highest BCUT2D eigenvalue weighted by Gasteiger charge is 2.20. The molecule has 1 N–H and O–H groups in total. The molecule has 3 aromatic rings. The Bertz CT molecular complexity index is 953. The normalized spacial score (nSPS) is 12.2. The topological polar surface area (TPSA) is 68.1 Å². The second-order valence-electron chi connectivity index (χ2n) is 6.80. The van der Waals surface area contributed by atoms with Crippen molar-refractivity contribution in [2.45, 2.75) is 25.9 Å². The van der Waals surface area contributed by atoms with Crippen molar-refractivity contribution in [3.63, 3.8) is 0 Å². The summed E-state index contributed by atoms with van der Waals surface area (Å²) in [6.45, 7) is 2.56. The van der Waals surface area contributed by atoms with Gasteiger partial charge in [0, 0.05) is 17.5 Å². The first-order chi connectivity index (χ1) is 14.7. The molecule has 5 heteroatoms. The third kappa shape index (κ3) is 5.95. The van der Waals surface area contributed by atoms with Crippen LogP contribution in [0.1, 0.15) is 30.0 Å². The predicted molar refractivity (Wildman–Crippen MR) is 117 cm³/mol. The molecule has 0 heterocycles. The summed E-state index contributed by atoms with van der Waals surface area (Å²) in [7, 11) is 0. The van der Waals surface area contributed by atoms with Crippen LogP contribution < -0.4 is 4.74 Å². The second kappa shape index (κ2) is 10.8. The van der Waals surface area contributed by atoms with E-state index in [1.807, 2.05) is 79.7 Å². The summed E-state index contributed by atoms with van der Waals surface area (Å²) in [5.74, 6) is -0.508. The lowest BCUT2D eigenvalue weighted by Gasteiger charge is -2.16. The maximum absolute atomic E-state index is 11.7. The first-order valence-electron chi connectivity index (χ1n) is 9.96. The van der Waals surface area contributed by atoms with Crippen LogP contribution in [0, 0.1) is 0 Å². The van der Waals surface area contributed by atoms with Gasteiger partial charge in [-0.2, -0.15) is 0 Å². The van der Waals surface area contributed by atoms with Gasteiger partial charge in [-0.1, -0.05) is 72.7 Å². The van der Waals surface area contributed by atoms with Gasteiger partial charge >= 0.3 is 5.97 Å². The molecule has 0 saturated carbocycles. The van der Waals surface area contributed by atoms with Gasteiger partial charge in [0.2, 0.25) is 0 Å². The van der Waals surface area contributed by atoms with Crippen LogP contribution in [-0.2, 0) is 16.1 Å². The van der Waals surface area contributed by atoms with E-state index in [1.54, 1.807) is 12.1 Å². The minimum Gasteiger partial charge on any atom is -0.478 e. The monoisotopic (exact) mass is 403 g/mol. The maximum atomic E-state index is 11.7. The number of oxime groups is 1. The first-order valence-corrected chi connectivity index (χ1v) is 9.96. The third-order valence-electron chi connectivity index (χ3n) is 4.44. The number of carboxylic acids is 1. The summed E-state index contributed by atoms with van der Waals surface area (Å²) in [6.07, 6.45) is 0.198. The molecule has 0 aromatic heterocycles. The zero-order valence-corrected chi connectivity index (χ0v) is 16.9. The van der Waals surface area contributed by atoms with E-state index < -0.39 is 12.1 Å². The molecule has 3 aromatic carbocycles. The van der Waals surface area contributed by atoms with Crippen LogP contribution in [0.4, 0.5) is 0 Å². The predicted octanol–water partition coefficient (Wildman–Crippen LogP) is 4.94. The van der Waals surface area contributed by atoms with Crippen LogP contribution in [0.5, 0.6) is 5.75 Å². The smallest absolute Gasteiger partial charge is 0.345 e. The SMILES string of the molecule is CCCO/N=C(\c1ccccc1)c1ccc(OC(Cc2ccccc2)C(=O)O)cc1. The molecule has 0 aliphatic heterocycles. The van der Waals surface area contributed by atoms with E-state index in [4.69, 9.17) is 9.57 Å². The molecule has 0 bridgehead atoms. The molecule has 0 radical (unpaired) electrons. The van der Waals surface area contributed by atoms with Crippen molar-refractivity contribution in [3.05, 3.63) is 102 Å². The van der Waals surface area contributed by atoms with Crippen molar-refractivity contribution in [2.75, 3.05) is 6.61 Å². The van der Waals surface area contributed by atoms with Crippen LogP contribution in [0.3, 0.4) is 0 Å². The highest BCUT2D eigenvalue weighted by atomic mass is 16.6. The number of ether oxygens (including phenoxy) is 1. The van der Waals surface area contributed by atoms with Crippen LogP contribution >= 0.6 is 0 Å². The Labute approximate surface area is 176 Å². The Morgan fingerprint density at radius 1 is 0.900 bits per heavy atom. The van der Waals surface area contributed by atoms with E-state index in [2.05, 4.69) is 5.16 Å². The minimum atomic E-state index is -0.998. The van der Waals surface area contributed by atoms with Gasteiger partial charge in [-0.15, -0.1) is 0 Å². The fourth-order valence-corrected chi connectivity index (χ4v) is 2.93. The van der Waals surface area contributed by atoms with Gasteiger partial charge in [-0.05, 0) is 36.2 Å². The number of rotatable bonds is 10. The molecule has 154 valence electrons. The van der Waals surface area contributed by atoms with E-state index in [0.29, 0.717) is 18.8 Å². The van der Waals surface area contributed by atoms with Crippen LogP contribution in [-0.4, -0.2) is 29.5 Å². The quantitative estimate of drug-likeness (QED) is 0.296. The van der Waals surface area contributed by atoms with Crippen LogP contribution in [0.15, 0.2) is 90.1 Å². The minimum absolute atomic E-state index is 0.291. The molecule has 0 spiro atoms. The van der Waals surface area contributed by atoms with Gasteiger partial charge in [0.15, 0.2) is 6.10 Å². The summed E-state index contributed by atoms with van der Waals surface area (Å²) >= 11 is 0. The maximum Gasteiger partial charge on any atom is 0.345 e. The molecule has 0 aliphatic rings. The molecule has 0 amide bonds. The average molecular weight is 403 g/mol. The van der Waals surface area contributed by atoms with Crippen LogP contribution in [0.25, 0.3) is 0 Å².